The van der Waals surface area contributed by atoms with E-state index < -0.39 is 40.1 Å². The van der Waals surface area contributed by atoms with Crippen molar-refractivity contribution in [2.45, 2.75) is 37.1 Å². The summed E-state index contributed by atoms with van der Waals surface area (Å²) < 4.78 is 9.75. The molecule has 1 saturated heterocycles. The van der Waals surface area contributed by atoms with Gasteiger partial charge in [-0.15, -0.1) is 11.8 Å². The van der Waals surface area contributed by atoms with Gasteiger partial charge in [0.25, 0.3) is 0 Å². The molecule has 1 amide bonds. The van der Waals surface area contributed by atoms with Crippen LogP contribution in [0.2, 0.25) is 0 Å². The smallest absolute Gasteiger partial charge is 0.345 e. The maximum Gasteiger partial charge on any atom is 0.345 e. The second-order valence-corrected chi connectivity index (χ2v) is 7.04. The van der Waals surface area contributed by atoms with Crippen molar-refractivity contribution < 1.29 is 33.8 Å². The molecule has 25 heavy (non-hydrogen) atoms. The molecule has 1 rings (SSSR count). The van der Waals surface area contributed by atoms with Gasteiger partial charge >= 0.3 is 17.9 Å². The van der Waals surface area contributed by atoms with Crippen LogP contribution in [0, 0.1) is 5.92 Å². The van der Waals surface area contributed by atoms with Gasteiger partial charge in [-0.3, -0.25) is 19.3 Å². The predicted molar refractivity (Wildman–Crippen MR) is 90.6 cm³/mol. The van der Waals surface area contributed by atoms with Gasteiger partial charge in [0.2, 0.25) is 10.9 Å². The monoisotopic (exact) mass is 393 g/mol. The van der Waals surface area contributed by atoms with Crippen LogP contribution in [0.5, 0.6) is 0 Å². The Kier molecular flexibility index (Phi) is 7.75. The van der Waals surface area contributed by atoms with E-state index >= 15 is 0 Å². The Labute approximate surface area is 154 Å². The zero-order chi connectivity index (χ0) is 19.2. The molecule has 0 spiro atoms. The summed E-state index contributed by atoms with van der Waals surface area (Å²) in [4.78, 5) is 45.7. The summed E-state index contributed by atoms with van der Waals surface area (Å²) in [7, 11) is 0. The fraction of sp³-hybridized carbons (Fsp3) is 0.600. The van der Waals surface area contributed by atoms with Crippen LogP contribution < -0.4 is 0 Å². The summed E-state index contributed by atoms with van der Waals surface area (Å²) in [5.74, 6) is -4.48. The van der Waals surface area contributed by atoms with Crippen LogP contribution >= 0.6 is 23.4 Å². The third-order valence-electron chi connectivity index (χ3n) is 3.45. The van der Waals surface area contributed by atoms with E-state index in [0.29, 0.717) is 0 Å². The lowest BCUT2D eigenvalue weighted by atomic mass is 9.95. The van der Waals surface area contributed by atoms with Crippen LogP contribution in [0.25, 0.3) is 0 Å². The highest BCUT2D eigenvalue weighted by Crippen LogP contribution is 2.43. The molecule has 0 aromatic rings. The summed E-state index contributed by atoms with van der Waals surface area (Å²) in [6.45, 7) is 6.57. The SMILES string of the molecule is C=CS[C@@H]1[C@H](C(=O)OCCCC(=O)OCC)C(=O)N1C(C)(Cl)C(=O)O. The molecule has 1 heterocycles. The van der Waals surface area contributed by atoms with E-state index in [2.05, 4.69) is 6.58 Å². The Bertz CT molecular complexity index is 566. The number of esters is 2. The van der Waals surface area contributed by atoms with E-state index in [4.69, 9.17) is 26.2 Å². The molecular formula is C15H20ClNO7S. The zero-order valence-corrected chi connectivity index (χ0v) is 15.5. The average molecular weight is 394 g/mol. The van der Waals surface area contributed by atoms with Crippen molar-refractivity contribution in [1.82, 2.24) is 4.90 Å². The summed E-state index contributed by atoms with van der Waals surface area (Å²) >= 11 is 6.92. The van der Waals surface area contributed by atoms with E-state index in [-0.39, 0.29) is 26.1 Å². The van der Waals surface area contributed by atoms with Gasteiger partial charge in [-0.1, -0.05) is 18.2 Å². The lowest BCUT2D eigenvalue weighted by Crippen LogP contribution is -2.70. The summed E-state index contributed by atoms with van der Waals surface area (Å²) in [5.41, 5.74) is 0. The van der Waals surface area contributed by atoms with Gasteiger partial charge in [0.05, 0.1) is 13.2 Å². The van der Waals surface area contributed by atoms with Crippen molar-refractivity contribution >= 4 is 47.2 Å². The number of rotatable bonds is 10. The van der Waals surface area contributed by atoms with Crippen molar-refractivity contribution in [3.8, 4) is 0 Å². The Balaban J connectivity index is 2.63. The van der Waals surface area contributed by atoms with E-state index in [9.17, 15) is 19.2 Å². The molecule has 10 heteroatoms. The third-order valence-corrected chi connectivity index (χ3v) is 4.75. The van der Waals surface area contributed by atoms with Gasteiger partial charge in [0.1, 0.15) is 5.37 Å². The van der Waals surface area contributed by atoms with Crippen molar-refractivity contribution in [2.75, 3.05) is 13.2 Å². The predicted octanol–water partition coefficient (Wildman–Crippen LogP) is 1.57. The second-order valence-electron chi connectivity index (χ2n) is 5.21. The molecule has 0 aromatic carbocycles. The molecule has 0 aliphatic carbocycles. The lowest BCUT2D eigenvalue weighted by molar-refractivity contribution is -0.177. The van der Waals surface area contributed by atoms with Crippen LogP contribution in [0.1, 0.15) is 26.7 Å². The first-order chi connectivity index (χ1) is 11.7. The van der Waals surface area contributed by atoms with Gasteiger partial charge < -0.3 is 14.6 Å². The fourth-order valence-electron chi connectivity index (χ4n) is 2.18. The van der Waals surface area contributed by atoms with Gasteiger partial charge in [0, 0.05) is 6.42 Å². The summed E-state index contributed by atoms with van der Waals surface area (Å²) in [6.07, 6.45) is 0.353. The quantitative estimate of drug-likeness (QED) is 0.149. The molecule has 1 N–H and O–H groups in total. The minimum absolute atomic E-state index is 0.0516. The number of nitrogens with zero attached hydrogens (tertiary/aromatic N) is 1. The Morgan fingerprint density at radius 1 is 1.44 bits per heavy atom. The molecule has 1 aliphatic rings. The van der Waals surface area contributed by atoms with Gasteiger partial charge in [0.15, 0.2) is 5.92 Å². The van der Waals surface area contributed by atoms with E-state index in [1.165, 1.54) is 5.41 Å². The molecule has 1 unspecified atom stereocenters. The third kappa shape index (κ3) is 4.88. The minimum atomic E-state index is -1.97. The number of aliphatic carboxylic acids is 1. The topological polar surface area (TPSA) is 110 Å². The zero-order valence-electron chi connectivity index (χ0n) is 13.9. The van der Waals surface area contributed by atoms with Crippen LogP contribution in [-0.4, -0.2) is 57.4 Å². The molecule has 0 aromatic heterocycles. The Morgan fingerprint density at radius 3 is 2.60 bits per heavy atom. The van der Waals surface area contributed by atoms with Crippen molar-refractivity contribution in [2.24, 2.45) is 5.92 Å². The molecule has 0 saturated carbocycles. The molecule has 0 bridgehead atoms. The first-order valence-corrected chi connectivity index (χ1v) is 8.84. The number of carbonyl (C=O) groups is 4. The average Bonchev–Trinajstić information content (AvgIpc) is 2.51. The van der Waals surface area contributed by atoms with Crippen molar-refractivity contribution in [1.29, 1.82) is 0 Å². The number of carboxylic acid groups (broad SMARTS) is 1. The lowest BCUT2D eigenvalue weighted by Gasteiger charge is -2.49. The van der Waals surface area contributed by atoms with Crippen LogP contribution in [0.15, 0.2) is 12.0 Å². The number of hydrogen-bond donors (Lipinski definition) is 1. The normalized spacial score (nSPS) is 21.7. The first-order valence-electron chi connectivity index (χ1n) is 7.52. The van der Waals surface area contributed by atoms with Crippen LogP contribution in [0.3, 0.4) is 0 Å². The second kappa shape index (κ2) is 9.10. The number of carboxylic acids is 1. The molecule has 140 valence electrons. The number of β-lactam (4-membered cyclic amide) rings is 1. The maximum absolute atomic E-state index is 12.2. The highest BCUT2D eigenvalue weighted by molar-refractivity contribution is 8.02. The highest BCUT2D eigenvalue weighted by Gasteiger charge is 2.60. The standard InChI is InChI=1S/C15H20ClNO7S/c1-4-23-9(18)7-6-8-24-13(20)10-11(19)17(12(10)25-5-2)15(3,16)14(21)22/h5,10,12H,2,4,6-8H2,1,3H3,(H,21,22)/t10-,12-,15?/m1/s1. The number of halogens is 1. The number of ether oxygens (including phenoxy) is 2. The molecule has 0 radical (unpaired) electrons. The minimum Gasteiger partial charge on any atom is -0.479 e. The number of alkyl halides is 1. The Hall–Kier alpha value is -1.74. The number of likely N-dealkylation sites (tertiary alicyclic amines) is 1. The van der Waals surface area contributed by atoms with Crippen LogP contribution in [0.4, 0.5) is 0 Å². The van der Waals surface area contributed by atoms with Gasteiger partial charge in [-0.25, -0.2) is 4.79 Å². The maximum atomic E-state index is 12.2. The molecule has 8 nitrogen and oxygen atoms in total. The summed E-state index contributed by atoms with van der Waals surface area (Å²) in [5, 5.41) is 9.72. The Morgan fingerprint density at radius 2 is 2.08 bits per heavy atom. The largest absolute Gasteiger partial charge is 0.479 e. The van der Waals surface area contributed by atoms with Crippen molar-refractivity contribution in [3.05, 3.63) is 12.0 Å². The number of carbonyl (C=O) groups excluding carboxylic acids is 3. The van der Waals surface area contributed by atoms with Gasteiger partial charge in [-0.05, 0) is 25.7 Å². The van der Waals surface area contributed by atoms with Crippen molar-refractivity contribution in [3.63, 3.8) is 0 Å². The number of thioether (sulfide) groups is 1. The summed E-state index contributed by atoms with van der Waals surface area (Å²) in [6, 6.07) is 0. The van der Waals surface area contributed by atoms with Gasteiger partial charge in [-0.2, -0.15) is 0 Å². The molecule has 1 fully saturated rings. The highest BCUT2D eigenvalue weighted by atomic mass is 35.5. The van der Waals surface area contributed by atoms with Crippen LogP contribution in [-0.2, 0) is 28.7 Å². The number of amides is 1. The molecule has 1 aliphatic heterocycles. The molecule has 3 atom stereocenters. The number of hydrogen-bond acceptors (Lipinski definition) is 7. The van der Waals surface area contributed by atoms with E-state index in [1.807, 2.05) is 0 Å². The fourth-order valence-corrected chi connectivity index (χ4v) is 3.45. The first kappa shape index (κ1) is 21.3. The van der Waals surface area contributed by atoms with E-state index in [1.54, 1.807) is 6.92 Å². The molecular weight excluding hydrogens is 374 g/mol. The van der Waals surface area contributed by atoms with E-state index in [0.717, 1.165) is 23.6 Å².